The summed E-state index contributed by atoms with van der Waals surface area (Å²) in [5, 5.41) is 2.63. The molecule has 0 aromatic carbocycles. The van der Waals surface area contributed by atoms with Gasteiger partial charge in [0.25, 0.3) is 0 Å². The molecule has 0 unspecified atom stereocenters. The van der Waals surface area contributed by atoms with Crippen LogP contribution in [0.5, 0.6) is 5.88 Å². The van der Waals surface area contributed by atoms with E-state index in [1.165, 1.54) is 7.05 Å². The van der Waals surface area contributed by atoms with Crippen LogP contribution in [-0.2, 0) is 11.0 Å². The first-order chi connectivity index (χ1) is 12.4. The molecule has 0 spiro atoms. The lowest BCUT2D eigenvalue weighted by molar-refractivity contribution is -0.139. The number of carbonyl (C=O) groups is 1. The number of alkyl halides is 3. The number of hydrogen-bond acceptors (Lipinski definition) is 5. The van der Waals surface area contributed by atoms with Crippen molar-refractivity contribution in [1.82, 2.24) is 15.2 Å². The van der Waals surface area contributed by atoms with Gasteiger partial charge in [-0.2, -0.15) is 18.2 Å². The molecule has 152 valence electrons. The van der Waals surface area contributed by atoms with Crippen molar-refractivity contribution in [3.05, 3.63) is 16.1 Å². The Kier molecular flexibility index (Phi) is 6.30. The highest BCUT2D eigenvalue weighted by Gasteiger charge is 2.40. The van der Waals surface area contributed by atoms with Crippen LogP contribution in [0.4, 0.5) is 19.0 Å². The number of carbonyl (C=O) groups excluding carboxylic acids is 1. The van der Waals surface area contributed by atoms with Crippen molar-refractivity contribution in [2.75, 3.05) is 38.7 Å². The van der Waals surface area contributed by atoms with E-state index in [0.29, 0.717) is 19.6 Å². The van der Waals surface area contributed by atoms with Crippen LogP contribution in [0.2, 0.25) is 0 Å². The molecule has 6 nitrogen and oxygen atoms in total. The van der Waals surface area contributed by atoms with Gasteiger partial charge in [0, 0.05) is 32.2 Å². The lowest BCUT2D eigenvalue weighted by Gasteiger charge is -2.46. The largest absolute Gasteiger partial charge is 0.481 e. The van der Waals surface area contributed by atoms with Gasteiger partial charge in [-0.3, -0.25) is 9.69 Å². The van der Waals surface area contributed by atoms with E-state index in [0.717, 1.165) is 13.2 Å². The van der Waals surface area contributed by atoms with Crippen molar-refractivity contribution in [3.63, 3.8) is 0 Å². The van der Waals surface area contributed by atoms with Gasteiger partial charge in [0.05, 0.1) is 11.6 Å². The van der Waals surface area contributed by atoms with Gasteiger partial charge in [0.15, 0.2) is 0 Å². The first-order valence-corrected chi connectivity index (χ1v) is 9.24. The van der Waals surface area contributed by atoms with E-state index in [2.05, 4.69) is 51.9 Å². The number of likely N-dealkylation sites (N-methyl/N-ethyl adjacent to an activating group) is 1. The summed E-state index contributed by atoms with van der Waals surface area (Å²) in [6.45, 7) is 7.68. The van der Waals surface area contributed by atoms with Crippen LogP contribution < -0.4 is 15.0 Å². The number of aromatic nitrogens is 1. The molecule has 0 bridgehead atoms. The zero-order valence-electron chi connectivity index (χ0n) is 15.9. The Hall–Kier alpha value is -1.55. The highest BCUT2D eigenvalue weighted by molar-refractivity contribution is 9.10. The summed E-state index contributed by atoms with van der Waals surface area (Å²) in [7, 11) is 2.68. The van der Waals surface area contributed by atoms with E-state index in [-0.39, 0.29) is 21.7 Å². The summed E-state index contributed by atoms with van der Waals surface area (Å²) >= 11 is 3.19. The Morgan fingerprint density at radius 2 is 1.96 bits per heavy atom. The number of anilines is 1. The molecular formula is C17H24BrF3N4O2. The molecule has 1 atom stereocenters. The molecule has 2 heterocycles. The number of nitrogens with one attached hydrogen (secondary N) is 1. The number of hydrogen-bond donors (Lipinski definition) is 1. The normalized spacial score (nSPS) is 19.1. The van der Waals surface area contributed by atoms with Crippen LogP contribution in [0.3, 0.4) is 0 Å². The van der Waals surface area contributed by atoms with Gasteiger partial charge in [-0.15, -0.1) is 0 Å². The molecule has 1 saturated heterocycles. The minimum Gasteiger partial charge on any atom is -0.481 e. The Morgan fingerprint density at radius 3 is 2.44 bits per heavy atom. The number of nitrogens with zero attached hydrogens (tertiary/aromatic N) is 3. The first-order valence-electron chi connectivity index (χ1n) is 8.45. The maximum Gasteiger partial charge on any atom is 0.421 e. The lowest BCUT2D eigenvalue weighted by atomic mass is 10.0. The third-order valence-corrected chi connectivity index (χ3v) is 5.15. The van der Waals surface area contributed by atoms with E-state index >= 15 is 0 Å². The smallest absolute Gasteiger partial charge is 0.421 e. The second-order valence-electron chi connectivity index (χ2n) is 7.29. The second kappa shape index (κ2) is 7.83. The predicted octanol–water partition coefficient (Wildman–Crippen LogP) is 2.91. The van der Waals surface area contributed by atoms with Gasteiger partial charge < -0.3 is 15.0 Å². The Bertz CT molecular complexity index is 707. The highest BCUT2D eigenvalue weighted by atomic mass is 79.9. The summed E-state index contributed by atoms with van der Waals surface area (Å²) in [6, 6.07) is 0.353. The van der Waals surface area contributed by atoms with E-state index in [9.17, 15) is 18.0 Å². The van der Waals surface area contributed by atoms with E-state index in [1.807, 2.05) is 0 Å². The summed E-state index contributed by atoms with van der Waals surface area (Å²) in [5.41, 5.74) is -1.11. The quantitative estimate of drug-likeness (QED) is 0.763. The standard InChI is InChI=1S/C17H24BrF3N4O2/c1-16(2,3)24-6-7-25(12(9-24)14(26)22-4)13-11(18)8-10(17(19,20)21)15(23-13)27-5/h8,12H,6-7,9H2,1-5H3,(H,22,26)/t12-/m0/s1. The molecular weight excluding hydrogens is 429 g/mol. The molecule has 27 heavy (non-hydrogen) atoms. The van der Waals surface area contributed by atoms with Crippen LogP contribution in [0.15, 0.2) is 10.5 Å². The number of amides is 1. The van der Waals surface area contributed by atoms with Crippen LogP contribution in [-0.4, -0.2) is 61.2 Å². The molecule has 1 fully saturated rings. The maximum atomic E-state index is 13.2. The molecule has 1 aliphatic heterocycles. The summed E-state index contributed by atoms with van der Waals surface area (Å²) in [5.74, 6) is -0.492. The predicted molar refractivity (Wildman–Crippen MR) is 100 cm³/mol. The Labute approximate surface area is 165 Å². The van der Waals surface area contributed by atoms with Crippen molar-refractivity contribution in [3.8, 4) is 5.88 Å². The Morgan fingerprint density at radius 1 is 1.33 bits per heavy atom. The zero-order valence-corrected chi connectivity index (χ0v) is 17.5. The fourth-order valence-electron chi connectivity index (χ4n) is 3.06. The molecule has 1 aliphatic rings. The summed E-state index contributed by atoms with van der Waals surface area (Å²) < 4.78 is 44.6. The van der Waals surface area contributed by atoms with Crippen molar-refractivity contribution in [1.29, 1.82) is 0 Å². The van der Waals surface area contributed by atoms with Gasteiger partial charge in [-0.25, -0.2) is 0 Å². The van der Waals surface area contributed by atoms with Crippen LogP contribution in [0.1, 0.15) is 26.3 Å². The van der Waals surface area contributed by atoms with Crippen molar-refractivity contribution in [2.45, 2.75) is 38.5 Å². The highest BCUT2D eigenvalue weighted by Crippen LogP contribution is 2.40. The average Bonchev–Trinajstić information content (AvgIpc) is 2.58. The van der Waals surface area contributed by atoms with Gasteiger partial charge in [-0.1, -0.05) is 0 Å². The fraction of sp³-hybridized carbons (Fsp3) is 0.647. The number of piperazine rings is 1. The third kappa shape index (κ3) is 4.66. The molecule has 10 heteroatoms. The van der Waals surface area contributed by atoms with Crippen molar-refractivity contribution in [2.24, 2.45) is 0 Å². The topological polar surface area (TPSA) is 57.7 Å². The number of ether oxygens (including phenoxy) is 1. The Balaban J connectivity index is 2.47. The van der Waals surface area contributed by atoms with Crippen LogP contribution in [0.25, 0.3) is 0 Å². The molecule has 0 saturated carbocycles. The van der Waals surface area contributed by atoms with Crippen LogP contribution in [0, 0.1) is 0 Å². The first kappa shape index (κ1) is 21.7. The maximum absolute atomic E-state index is 13.2. The van der Waals surface area contributed by atoms with Crippen molar-refractivity contribution >= 4 is 27.7 Å². The van der Waals surface area contributed by atoms with Crippen molar-refractivity contribution < 1.29 is 22.7 Å². The minimum atomic E-state index is -4.59. The average molecular weight is 453 g/mol. The molecule has 1 N–H and O–H groups in total. The molecule has 1 aromatic heterocycles. The van der Waals surface area contributed by atoms with E-state index in [1.54, 1.807) is 4.90 Å². The van der Waals surface area contributed by atoms with Crippen LogP contribution >= 0.6 is 15.9 Å². The van der Waals surface area contributed by atoms with E-state index < -0.39 is 23.7 Å². The lowest BCUT2D eigenvalue weighted by Crippen LogP contribution is -2.62. The number of pyridine rings is 1. The second-order valence-corrected chi connectivity index (χ2v) is 8.14. The summed E-state index contributed by atoms with van der Waals surface area (Å²) in [6.07, 6.45) is -4.59. The summed E-state index contributed by atoms with van der Waals surface area (Å²) in [4.78, 5) is 20.4. The van der Waals surface area contributed by atoms with Gasteiger partial charge >= 0.3 is 6.18 Å². The SMILES string of the molecule is CNC(=O)[C@@H]1CN(C(C)(C)C)CCN1c1nc(OC)c(C(F)(F)F)cc1Br. The molecule has 1 amide bonds. The minimum absolute atomic E-state index is 0.138. The number of rotatable bonds is 3. The fourth-order valence-corrected chi connectivity index (χ4v) is 3.60. The number of halogens is 4. The van der Waals surface area contributed by atoms with Gasteiger partial charge in [0.1, 0.15) is 17.4 Å². The molecule has 1 aromatic rings. The van der Waals surface area contributed by atoms with E-state index in [4.69, 9.17) is 4.74 Å². The zero-order chi connectivity index (χ0) is 20.6. The molecule has 0 aliphatic carbocycles. The van der Waals surface area contributed by atoms with Gasteiger partial charge in [-0.05, 0) is 42.8 Å². The number of methoxy groups -OCH3 is 1. The monoisotopic (exact) mass is 452 g/mol. The third-order valence-electron chi connectivity index (χ3n) is 4.57. The molecule has 2 rings (SSSR count). The molecule has 0 radical (unpaired) electrons. The van der Waals surface area contributed by atoms with Gasteiger partial charge in [0.2, 0.25) is 11.8 Å².